The van der Waals surface area contributed by atoms with Crippen LogP contribution in [0, 0.1) is 0 Å². The highest BCUT2D eigenvalue weighted by atomic mass is 16.1. The summed E-state index contributed by atoms with van der Waals surface area (Å²) in [4.78, 5) is 18.8. The molecule has 0 spiro atoms. The molecule has 0 saturated heterocycles. The van der Waals surface area contributed by atoms with Gasteiger partial charge in [0.25, 0.3) is 0 Å². The van der Waals surface area contributed by atoms with Gasteiger partial charge < -0.3 is 4.98 Å². The van der Waals surface area contributed by atoms with Gasteiger partial charge in [0.05, 0.1) is 11.0 Å². The molecule has 0 bridgehead atoms. The third-order valence-electron chi connectivity index (χ3n) is 3.03. The molecule has 0 fully saturated rings. The number of allylic oxidation sites excluding steroid dienone is 2. The van der Waals surface area contributed by atoms with Crippen LogP contribution in [-0.4, -0.2) is 15.8 Å². The fourth-order valence-electron chi connectivity index (χ4n) is 2.16. The topological polar surface area (TPSA) is 45.8 Å². The molecule has 0 aromatic carbocycles. The predicted molar refractivity (Wildman–Crippen MR) is 62.9 cm³/mol. The first-order valence-electron chi connectivity index (χ1n) is 5.48. The number of fused-ring (bicyclic) bond motifs is 1. The number of hydrogen-bond acceptors (Lipinski definition) is 2. The zero-order valence-electron chi connectivity index (χ0n) is 8.86. The number of hydrogen-bond donors (Lipinski definition) is 1. The number of carbonyl (C=O) groups excluding carboxylic acids is 1. The minimum atomic E-state index is 0.330. The molecule has 3 nitrogen and oxygen atoms in total. The van der Waals surface area contributed by atoms with Crippen LogP contribution in [0.15, 0.2) is 30.6 Å². The van der Waals surface area contributed by atoms with Crippen molar-refractivity contribution in [2.45, 2.75) is 19.3 Å². The lowest BCUT2D eigenvalue weighted by atomic mass is 9.94. The van der Waals surface area contributed by atoms with Gasteiger partial charge in [0.1, 0.15) is 5.78 Å². The molecule has 1 N–H and O–H groups in total. The van der Waals surface area contributed by atoms with Crippen LogP contribution in [0.25, 0.3) is 16.6 Å². The largest absolute Gasteiger partial charge is 0.359 e. The van der Waals surface area contributed by atoms with E-state index < -0.39 is 0 Å². The number of nitrogens with one attached hydrogen (secondary N) is 1. The van der Waals surface area contributed by atoms with Gasteiger partial charge in [-0.05, 0) is 24.1 Å². The molecule has 0 amide bonds. The van der Waals surface area contributed by atoms with Crippen molar-refractivity contribution >= 4 is 22.4 Å². The summed E-state index contributed by atoms with van der Waals surface area (Å²) in [5, 5.41) is 0. The number of Topliss-reactive ketones (excluding diaryl/α,β-unsaturated/α-hetero) is 1. The van der Waals surface area contributed by atoms with Crippen LogP contribution in [-0.2, 0) is 4.79 Å². The molecule has 80 valence electrons. The Hall–Kier alpha value is -1.90. The van der Waals surface area contributed by atoms with E-state index >= 15 is 0 Å². The fourth-order valence-corrected chi connectivity index (χ4v) is 2.16. The van der Waals surface area contributed by atoms with E-state index in [1.807, 2.05) is 24.4 Å². The minimum Gasteiger partial charge on any atom is -0.359 e. The summed E-state index contributed by atoms with van der Waals surface area (Å²) in [6, 6.07) is 3.93. The molecule has 16 heavy (non-hydrogen) atoms. The van der Waals surface area contributed by atoms with Gasteiger partial charge in [0, 0.05) is 30.8 Å². The second-order valence-electron chi connectivity index (χ2n) is 4.07. The van der Waals surface area contributed by atoms with Crippen LogP contribution in [0.5, 0.6) is 0 Å². The zero-order valence-corrected chi connectivity index (χ0v) is 8.86. The first-order chi connectivity index (χ1) is 7.84. The lowest BCUT2D eigenvalue weighted by Gasteiger charge is -2.10. The molecule has 3 rings (SSSR count). The van der Waals surface area contributed by atoms with Crippen molar-refractivity contribution < 1.29 is 4.79 Å². The maximum atomic E-state index is 11.2. The summed E-state index contributed by atoms with van der Waals surface area (Å²) in [5.41, 5.74) is 4.44. The molecule has 0 aliphatic heterocycles. The summed E-state index contributed by atoms with van der Waals surface area (Å²) < 4.78 is 0. The van der Waals surface area contributed by atoms with Gasteiger partial charge in [-0.1, -0.05) is 6.08 Å². The number of aromatic amines is 1. The third-order valence-corrected chi connectivity index (χ3v) is 3.03. The van der Waals surface area contributed by atoms with E-state index in [1.54, 1.807) is 6.20 Å². The molecule has 0 saturated carbocycles. The number of pyridine rings is 1. The van der Waals surface area contributed by atoms with Crippen LogP contribution in [0.3, 0.4) is 0 Å². The molecule has 1 aliphatic rings. The molecule has 1 aliphatic carbocycles. The van der Waals surface area contributed by atoms with Crippen molar-refractivity contribution in [1.82, 2.24) is 9.97 Å². The maximum Gasteiger partial charge on any atom is 0.137 e. The first-order valence-corrected chi connectivity index (χ1v) is 5.48. The Morgan fingerprint density at radius 3 is 3.06 bits per heavy atom. The Morgan fingerprint density at radius 1 is 1.31 bits per heavy atom. The Bertz CT molecular complexity index is 580. The second kappa shape index (κ2) is 3.59. The first kappa shape index (κ1) is 9.33. The van der Waals surface area contributed by atoms with Gasteiger partial charge in [0.15, 0.2) is 0 Å². The van der Waals surface area contributed by atoms with E-state index in [4.69, 9.17) is 0 Å². The summed E-state index contributed by atoms with van der Waals surface area (Å²) in [7, 11) is 0. The van der Waals surface area contributed by atoms with Gasteiger partial charge in [0.2, 0.25) is 0 Å². The molecule has 0 unspecified atom stereocenters. The van der Waals surface area contributed by atoms with Crippen molar-refractivity contribution in [1.29, 1.82) is 0 Å². The SMILES string of the molecule is O=C1CC=C(c2c[nH]c3cccnc23)CC1. The molecule has 0 radical (unpaired) electrons. The van der Waals surface area contributed by atoms with Crippen LogP contribution >= 0.6 is 0 Å². The highest BCUT2D eigenvalue weighted by Gasteiger charge is 2.15. The molecule has 0 atom stereocenters. The van der Waals surface area contributed by atoms with E-state index in [0.717, 1.165) is 23.0 Å². The Labute approximate surface area is 93.2 Å². The minimum absolute atomic E-state index is 0.330. The highest BCUT2D eigenvalue weighted by Crippen LogP contribution is 2.29. The number of carbonyl (C=O) groups is 1. The molecule has 2 aromatic rings. The third kappa shape index (κ3) is 1.45. The van der Waals surface area contributed by atoms with Crippen molar-refractivity contribution in [2.75, 3.05) is 0 Å². The van der Waals surface area contributed by atoms with Crippen molar-refractivity contribution in [3.63, 3.8) is 0 Å². The van der Waals surface area contributed by atoms with Crippen LogP contribution < -0.4 is 0 Å². The lowest BCUT2D eigenvalue weighted by Crippen LogP contribution is -2.02. The van der Waals surface area contributed by atoms with Gasteiger partial charge in [-0.15, -0.1) is 0 Å². The number of aromatic nitrogens is 2. The van der Waals surface area contributed by atoms with E-state index in [2.05, 4.69) is 9.97 Å². The molecule has 3 heteroatoms. The van der Waals surface area contributed by atoms with Gasteiger partial charge in [-0.25, -0.2) is 0 Å². The molecular formula is C13H12N2O. The molecule has 2 heterocycles. The smallest absolute Gasteiger partial charge is 0.137 e. The van der Waals surface area contributed by atoms with Crippen molar-refractivity contribution in [2.24, 2.45) is 0 Å². The average molecular weight is 212 g/mol. The molecular weight excluding hydrogens is 200 g/mol. The number of nitrogens with zero attached hydrogens (tertiary/aromatic N) is 1. The number of rotatable bonds is 1. The summed E-state index contributed by atoms with van der Waals surface area (Å²) in [5.74, 6) is 0.330. The van der Waals surface area contributed by atoms with Gasteiger partial charge >= 0.3 is 0 Å². The monoisotopic (exact) mass is 212 g/mol. The highest BCUT2D eigenvalue weighted by molar-refractivity contribution is 5.93. The summed E-state index contributed by atoms with van der Waals surface area (Å²) >= 11 is 0. The van der Waals surface area contributed by atoms with Crippen LogP contribution in [0.2, 0.25) is 0 Å². The van der Waals surface area contributed by atoms with Crippen LogP contribution in [0.1, 0.15) is 24.8 Å². The second-order valence-corrected chi connectivity index (χ2v) is 4.07. The Balaban J connectivity index is 2.09. The average Bonchev–Trinajstić information content (AvgIpc) is 2.74. The maximum absolute atomic E-state index is 11.2. The normalized spacial score (nSPS) is 16.5. The van der Waals surface area contributed by atoms with E-state index in [-0.39, 0.29) is 0 Å². The van der Waals surface area contributed by atoms with E-state index in [0.29, 0.717) is 18.6 Å². The number of ketones is 1. The fraction of sp³-hybridized carbons (Fsp3) is 0.231. The standard InChI is InChI=1S/C13H12N2O/c16-10-5-3-9(4-6-10)11-8-15-12-2-1-7-14-13(11)12/h1-3,7-8,15H,4-6H2. The number of H-pyrrole nitrogens is 1. The van der Waals surface area contributed by atoms with E-state index in [9.17, 15) is 4.79 Å². The van der Waals surface area contributed by atoms with Crippen LogP contribution in [0.4, 0.5) is 0 Å². The quantitative estimate of drug-likeness (QED) is 0.789. The zero-order chi connectivity index (χ0) is 11.0. The summed E-state index contributed by atoms with van der Waals surface area (Å²) in [6.07, 6.45) is 7.87. The lowest BCUT2D eigenvalue weighted by molar-refractivity contribution is -0.118. The van der Waals surface area contributed by atoms with Gasteiger partial charge in [-0.3, -0.25) is 9.78 Å². The predicted octanol–water partition coefficient (Wildman–Crippen LogP) is 2.70. The van der Waals surface area contributed by atoms with Gasteiger partial charge in [-0.2, -0.15) is 0 Å². The molecule has 2 aromatic heterocycles. The van der Waals surface area contributed by atoms with Crippen molar-refractivity contribution in [3.8, 4) is 0 Å². The summed E-state index contributed by atoms with van der Waals surface area (Å²) in [6.45, 7) is 0. The van der Waals surface area contributed by atoms with Crippen molar-refractivity contribution in [3.05, 3.63) is 36.2 Å². The van der Waals surface area contributed by atoms with E-state index in [1.165, 1.54) is 5.57 Å². The Kier molecular flexibility index (Phi) is 2.10. The Morgan fingerprint density at radius 2 is 2.25 bits per heavy atom.